The molecule has 2 heterocycles. The number of hydrogen-bond donors (Lipinski definition) is 3. The minimum atomic E-state index is -0.102. The third-order valence-electron chi connectivity index (χ3n) is 5.46. The van der Waals surface area contributed by atoms with E-state index < -0.39 is 0 Å². The van der Waals surface area contributed by atoms with Crippen LogP contribution in [0.3, 0.4) is 0 Å². The molecule has 134 valence electrons. The molecule has 3 rings (SSSR count). The van der Waals surface area contributed by atoms with E-state index in [0.717, 1.165) is 63.3 Å². The van der Waals surface area contributed by atoms with Crippen molar-refractivity contribution < 1.29 is 10.2 Å². The molecule has 3 atom stereocenters. The van der Waals surface area contributed by atoms with Crippen LogP contribution in [0.5, 0.6) is 0 Å². The molecule has 0 amide bonds. The van der Waals surface area contributed by atoms with E-state index in [1.54, 1.807) is 6.33 Å². The van der Waals surface area contributed by atoms with E-state index in [4.69, 9.17) is 0 Å². The van der Waals surface area contributed by atoms with Gasteiger partial charge in [0.15, 0.2) is 0 Å². The zero-order valence-corrected chi connectivity index (χ0v) is 14.4. The summed E-state index contributed by atoms with van der Waals surface area (Å²) < 4.78 is 0. The van der Waals surface area contributed by atoms with Crippen molar-refractivity contribution in [3.8, 4) is 0 Å². The van der Waals surface area contributed by atoms with Gasteiger partial charge in [-0.15, -0.1) is 0 Å². The lowest BCUT2D eigenvalue weighted by molar-refractivity contribution is 0.0648. The summed E-state index contributed by atoms with van der Waals surface area (Å²) in [6.07, 6.45) is 10.3. The zero-order chi connectivity index (χ0) is 16.8. The predicted octanol–water partition coefficient (Wildman–Crippen LogP) is 2.18. The number of aromatic nitrogens is 2. The molecule has 1 saturated heterocycles. The smallest absolute Gasteiger partial charge is 0.134 e. The molecule has 6 nitrogen and oxygen atoms in total. The van der Waals surface area contributed by atoms with E-state index in [2.05, 4.69) is 20.2 Å². The van der Waals surface area contributed by atoms with Gasteiger partial charge in [-0.2, -0.15) is 0 Å². The number of anilines is 2. The second kappa shape index (κ2) is 8.62. The second-order valence-electron chi connectivity index (χ2n) is 7.11. The van der Waals surface area contributed by atoms with Crippen LogP contribution in [0.25, 0.3) is 0 Å². The third kappa shape index (κ3) is 4.36. The number of aliphatic hydroxyl groups excluding tert-OH is 2. The minimum Gasteiger partial charge on any atom is -0.394 e. The summed E-state index contributed by atoms with van der Waals surface area (Å²) in [5, 5.41) is 22.9. The maximum Gasteiger partial charge on any atom is 0.134 e. The molecule has 0 bridgehead atoms. The van der Waals surface area contributed by atoms with Crippen LogP contribution in [0.1, 0.15) is 51.4 Å². The van der Waals surface area contributed by atoms with Crippen molar-refractivity contribution in [2.45, 2.75) is 63.5 Å². The van der Waals surface area contributed by atoms with Crippen LogP contribution in [0, 0.1) is 5.92 Å². The highest BCUT2D eigenvalue weighted by Crippen LogP contribution is 2.28. The van der Waals surface area contributed by atoms with Gasteiger partial charge in [0, 0.05) is 19.2 Å². The van der Waals surface area contributed by atoms with Crippen LogP contribution in [-0.2, 0) is 0 Å². The molecule has 6 heteroatoms. The summed E-state index contributed by atoms with van der Waals surface area (Å²) in [5.41, 5.74) is 0. The number of nitrogens with zero attached hydrogens (tertiary/aromatic N) is 3. The SMILES string of the molecule is OCC1CCCN1c1cc(NCCCC2CCCCC2O)ncn1. The molecule has 2 aliphatic rings. The first kappa shape index (κ1) is 17.4. The molecule has 0 aromatic carbocycles. The van der Waals surface area contributed by atoms with Crippen molar-refractivity contribution >= 4 is 11.6 Å². The third-order valence-corrected chi connectivity index (χ3v) is 5.46. The molecular weight excluding hydrogens is 304 g/mol. The normalized spacial score (nSPS) is 27.4. The quantitative estimate of drug-likeness (QED) is 0.663. The molecule has 24 heavy (non-hydrogen) atoms. The Morgan fingerprint density at radius 2 is 2.04 bits per heavy atom. The van der Waals surface area contributed by atoms with Crippen molar-refractivity contribution in [2.24, 2.45) is 5.92 Å². The average molecular weight is 334 g/mol. The lowest BCUT2D eigenvalue weighted by Gasteiger charge is -2.27. The van der Waals surface area contributed by atoms with Crippen LogP contribution < -0.4 is 10.2 Å². The lowest BCUT2D eigenvalue weighted by atomic mass is 9.83. The Labute approximate surface area is 144 Å². The summed E-state index contributed by atoms with van der Waals surface area (Å²) in [7, 11) is 0. The van der Waals surface area contributed by atoms with Gasteiger partial charge >= 0.3 is 0 Å². The van der Waals surface area contributed by atoms with Crippen molar-refractivity contribution in [1.82, 2.24) is 9.97 Å². The van der Waals surface area contributed by atoms with E-state index in [1.807, 2.05) is 6.07 Å². The Balaban J connectivity index is 1.46. The van der Waals surface area contributed by atoms with Crippen molar-refractivity contribution in [1.29, 1.82) is 0 Å². The van der Waals surface area contributed by atoms with Gasteiger partial charge in [-0.05, 0) is 44.4 Å². The summed E-state index contributed by atoms with van der Waals surface area (Å²) in [6, 6.07) is 2.16. The van der Waals surface area contributed by atoms with Crippen molar-refractivity contribution in [3.05, 3.63) is 12.4 Å². The van der Waals surface area contributed by atoms with Gasteiger partial charge in [0.05, 0.1) is 18.8 Å². The highest BCUT2D eigenvalue weighted by Gasteiger charge is 2.25. The first-order valence-electron chi connectivity index (χ1n) is 9.39. The Kier molecular flexibility index (Phi) is 6.26. The second-order valence-corrected chi connectivity index (χ2v) is 7.11. The Morgan fingerprint density at radius 3 is 2.88 bits per heavy atom. The van der Waals surface area contributed by atoms with Gasteiger partial charge in [0.2, 0.25) is 0 Å². The van der Waals surface area contributed by atoms with Gasteiger partial charge in [0.25, 0.3) is 0 Å². The summed E-state index contributed by atoms with van der Waals surface area (Å²) in [4.78, 5) is 10.8. The number of rotatable bonds is 7. The van der Waals surface area contributed by atoms with Gasteiger partial charge in [-0.3, -0.25) is 0 Å². The molecule has 2 fully saturated rings. The van der Waals surface area contributed by atoms with E-state index in [0.29, 0.717) is 5.92 Å². The monoisotopic (exact) mass is 334 g/mol. The first-order valence-corrected chi connectivity index (χ1v) is 9.39. The molecule has 3 N–H and O–H groups in total. The molecule has 0 spiro atoms. The number of aliphatic hydroxyl groups is 2. The maximum atomic E-state index is 10.0. The number of hydrogen-bond acceptors (Lipinski definition) is 6. The Bertz CT molecular complexity index is 514. The highest BCUT2D eigenvalue weighted by atomic mass is 16.3. The topological polar surface area (TPSA) is 81.5 Å². The molecule has 1 aliphatic heterocycles. The minimum absolute atomic E-state index is 0.102. The fourth-order valence-electron chi connectivity index (χ4n) is 4.03. The molecule has 3 unspecified atom stereocenters. The maximum absolute atomic E-state index is 10.0. The van der Waals surface area contributed by atoms with E-state index >= 15 is 0 Å². The standard InChI is InChI=1S/C18H30N4O2/c23-12-15-7-4-10-22(15)18-11-17(20-13-21-18)19-9-3-6-14-5-1-2-8-16(14)24/h11,13-16,23-24H,1-10,12H2,(H,19,20,21). The van der Waals surface area contributed by atoms with Gasteiger partial charge in [-0.1, -0.05) is 12.8 Å². The van der Waals surface area contributed by atoms with E-state index in [9.17, 15) is 10.2 Å². The van der Waals surface area contributed by atoms with Gasteiger partial charge in [-0.25, -0.2) is 9.97 Å². The van der Waals surface area contributed by atoms with Crippen molar-refractivity contribution in [2.75, 3.05) is 29.9 Å². The van der Waals surface area contributed by atoms with Gasteiger partial charge < -0.3 is 20.4 Å². The summed E-state index contributed by atoms with van der Waals surface area (Å²) in [5.74, 6) is 2.20. The van der Waals surface area contributed by atoms with Gasteiger partial charge in [0.1, 0.15) is 18.0 Å². The fraction of sp³-hybridized carbons (Fsp3) is 0.778. The predicted molar refractivity (Wildman–Crippen MR) is 95.2 cm³/mol. The van der Waals surface area contributed by atoms with Crippen LogP contribution >= 0.6 is 0 Å². The molecular formula is C18H30N4O2. The largest absolute Gasteiger partial charge is 0.394 e. The summed E-state index contributed by atoms with van der Waals surface area (Å²) in [6.45, 7) is 1.99. The summed E-state index contributed by atoms with van der Waals surface area (Å²) >= 11 is 0. The lowest BCUT2D eigenvalue weighted by Crippen LogP contribution is -2.32. The number of nitrogens with one attached hydrogen (secondary N) is 1. The molecule has 1 saturated carbocycles. The van der Waals surface area contributed by atoms with Crippen LogP contribution in [0.2, 0.25) is 0 Å². The van der Waals surface area contributed by atoms with Crippen LogP contribution in [0.4, 0.5) is 11.6 Å². The van der Waals surface area contributed by atoms with Crippen molar-refractivity contribution in [3.63, 3.8) is 0 Å². The first-order chi connectivity index (χ1) is 11.8. The molecule has 1 aliphatic carbocycles. The highest BCUT2D eigenvalue weighted by molar-refractivity contribution is 5.49. The zero-order valence-electron chi connectivity index (χ0n) is 14.4. The molecule has 1 aromatic heterocycles. The average Bonchev–Trinajstić information content (AvgIpc) is 3.09. The van der Waals surface area contributed by atoms with E-state index in [1.165, 1.54) is 12.8 Å². The Hall–Kier alpha value is -1.40. The fourth-order valence-corrected chi connectivity index (χ4v) is 4.03. The van der Waals surface area contributed by atoms with E-state index in [-0.39, 0.29) is 18.8 Å². The molecule has 0 radical (unpaired) electrons. The van der Waals surface area contributed by atoms with Crippen LogP contribution in [0.15, 0.2) is 12.4 Å². The van der Waals surface area contributed by atoms with Crippen LogP contribution in [-0.4, -0.2) is 52.0 Å². The Morgan fingerprint density at radius 1 is 1.17 bits per heavy atom. The molecule has 1 aromatic rings.